The molecule has 0 atom stereocenters. The maximum atomic E-state index is 13.3. The van der Waals surface area contributed by atoms with Crippen molar-refractivity contribution in [1.29, 1.82) is 0 Å². The molecule has 1 heterocycles. The first-order valence-electron chi connectivity index (χ1n) is 8.17. The van der Waals surface area contributed by atoms with Crippen LogP contribution in [0.2, 0.25) is 0 Å². The van der Waals surface area contributed by atoms with Crippen LogP contribution in [0.4, 0.5) is 8.78 Å². The lowest BCUT2D eigenvalue weighted by molar-refractivity contribution is 0.0627. The number of methoxy groups -OCH3 is 1. The van der Waals surface area contributed by atoms with Crippen LogP contribution in [0.25, 0.3) is 0 Å². The van der Waals surface area contributed by atoms with Gasteiger partial charge in [-0.05, 0) is 24.3 Å². The van der Waals surface area contributed by atoms with Crippen molar-refractivity contribution in [3.8, 4) is 5.75 Å². The van der Waals surface area contributed by atoms with Crippen molar-refractivity contribution < 1.29 is 18.3 Å². The minimum atomic E-state index is -0.999. The molecule has 1 aliphatic rings. The van der Waals surface area contributed by atoms with Crippen molar-refractivity contribution in [1.82, 2.24) is 9.80 Å². The molecule has 0 spiro atoms. The van der Waals surface area contributed by atoms with E-state index in [4.69, 9.17) is 4.74 Å². The maximum Gasteiger partial charge on any atom is 0.254 e. The van der Waals surface area contributed by atoms with E-state index in [-0.39, 0.29) is 11.5 Å². The lowest BCUT2D eigenvalue weighted by atomic mass is 10.1. The number of ether oxygens (including phenoxy) is 1. The van der Waals surface area contributed by atoms with Crippen LogP contribution in [-0.2, 0) is 6.54 Å². The van der Waals surface area contributed by atoms with Crippen molar-refractivity contribution >= 4 is 5.91 Å². The van der Waals surface area contributed by atoms with Crippen LogP contribution in [0.15, 0.2) is 42.5 Å². The Labute approximate surface area is 145 Å². The summed E-state index contributed by atoms with van der Waals surface area (Å²) in [5.41, 5.74) is 1.28. The lowest BCUT2D eigenvalue weighted by Crippen LogP contribution is -2.48. The molecule has 0 radical (unpaired) electrons. The van der Waals surface area contributed by atoms with E-state index in [9.17, 15) is 13.6 Å². The second-order valence-electron chi connectivity index (χ2n) is 6.01. The molecule has 2 aromatic carbocycles. The van der Waals surface area contributed by atoms with Gasteiger partial charge < -0.3 is 9.64 Å². The predicted molar refractivity (Wildman–Crippen MR) is 90.5 cm³/mol. The Morgan fingerprint density at radius 2 is 1.76 bits per heavy atom. The molecule has 0 aliphatic carbocycles. The number of benzene rings is 2. The first kappa shape index (κ1) is 17.4. The third kappa shape index (κ3) is 3.96. The number of piperazine rings is 1. The van der Waals surface area contributed by atoms with Crippen molar-refractivity contribution in [3.63, 3.8) is 0 Å². The van der Waals surface area contributed by atoms with E-state index in [1.54, 1.807) is 12.0 Å². The van der Waals surface area contributed by atoms with Gasteiger partial charge in [-0.1, -0.05) is 18.2 Å². The molecule has 0 aromatic heterocycles. The summed E-state index contributed by atoms with van der Waals surface area (Å²) in [6, 6.07) is 11.1. The Morgan fingerprint density at radius 3 is 2.44 bits per heavy atom. The molecule has 1 fully saturated rings. The SMILES string of the molecule is COc1ccccc1CN1CCN(C(=O)c2ccc(F)c(F)c2)CC1. The maximum absolute atomic E-state index is 13.3. The Balaban J connectivity index is 1.59. The topological polar surface area (TPSA) is 32.8 Å². The quantitative estimate of drug-likeness (QED) is 0.853. The van der Waals surface area contributed by atoms with Crippen LogP contribution in [0, 0.1) is 11.6 Å². The zero-order chi connectivity index (χ0) is 17.8. The monoisotopic (exact) mass is 346 g/mol. The second kappa shape index (κ2) is 7.61. The largest absolute Gasteiger partial charge is 0.496 e. The molecule has 4 nitrogen and oxygen atoms in total. The van der Waals surface area contributed by atoms with Gasteiger partial charge in [0.15, 0.2) is 11.6 Å². The first-order chi connectivity index (χ1) is 12.1. The van der Waals surface area contributed by atoms with Gasteiger partial charge >= 0.3 is 0 Å². The normalized spacial score (nSPS) is 15.2. The van der Waals surface area contributed by atoms with Crippen LogP contribution >= 0.6 is 0 Å². The minimum absolute atomic E-state index is 0.178. The van der Waals surface area contributed by atoms with E-state index in [0.717, 1.165) is 30.0 Å². The van der Waals surface area contributed by atoms with Crippen LogP contribution in [0.3, 0.4) is 0 Å². The Hall–Kier alpha value is -2.47. The van der Waals surface area contributed by atoms with Gasteiger partial charge in [-0.15, -0.1) is 0 Å². The number of carbonyl (C=O) groups excluding carboxylic acids is 1. The highest BCUT2D eigenvalue weighted by molar-refractivity contribution is 5.94. The van der Waals surface area contributed by atoms with E-state index in [0.29, 0.717) is 26.2 Å². The fraction of sp³-hybridized carbons (Fsp3) is 0.316. The predicted octanol–water partition coefficient (Wildman–Crippen LogP) is 2.93. The fourth-order valence-electron chi connectivity index (χ4n) is 3.00. The molecule has 132 valence electrons. The molecular formula is C19H20F2N2O2. The molecule has 2 aromatic rings. The molecule has 3 rings (SSSR count). The Kier molecular flexibility index (Phi) is 5.28. The lowest BCUT2D eigenvalue weighted by Gasteiger charge is -2.35. The van der Waals surface area contributed by atoms with Gasteiger partial charge in [0.05, 0.1) is 7.11 Å². The highest BCUT2D eigenvalue weighted by Gasteiger charge is 2.23. The van der Waals surface area contributed by atoms with Crippen molar-refractivity contribution in [2.45, 2.75) is 6.54 Å². The van der Waals surface area contributed by atoms with E-state index in [1.807, 2.05) is 24.3 Å². The molecule has 6 heteroatoms. The van der Waals surface area contributed by atoms with Crippen LogP contribution in [0.1, 0.15) is 15.9 Å². The molecule has 0 N–H and O–H groups in total. The molecule has 0 unspecified atom stereocenters. The minimum Gasteiger partial charge on any atom is -0.496 e. The van der Waals surface area contributed by atoms with Crippen molar-refractivity contribution in [2.75, 3.05) is 33.3 Å². The summed E-state index contributed by atoms with van der Waals surface area (Å²) in [5.74, 6) is -1.36. The smallest absolute Gasteiger partial charge is 0.254 e. The summed E-state index contributed by atoms with van der Waals surface area (Å²) >= 11 is 0. The molecule has 1 amide bonds. The number of carbonyl (C=O) groups is 1. The molecule has 1 saturated heterocycles. The van der Waals surface area contributed by atoms with Gasteiger partial charge in [0.2, 0.25) is 0 Å². The average Bonchev–Trinajstić information content (AvgIpc) is 2.64. The van der Waals surface area contributed by atoms with Gasteiger partial charge in [-0.25, -0.2) is 8.78 Å². The number of hydrogen-bond acceptors (Lipinski definition) is 3. The van der Waals surface area contributed by atoms with E-state index in [2.05, 4.69) is 4.90 Å². The van der Waals surface area contributed by atoms with Gasteiger partial charge in [-0.2, -0.15) is 0 Å². The standard InChI is InChI=1S/C19H20F2N2O2/c1-25-18-5-3-2-4-15(18)13-22-8-10-23(11-9-22)19(24)14-6-7-16(20)17(21)12-14/h2-7,12H,8-11,13H2,1H3. The summed E-state index contributed by atoms with van der Waals surface area (Å²) in [7, 11) is 1.65. The van der Waals surface area contributed by atoms with Crippen LogP contribution in [0.5, 0.6) is 5.75 Å². The number of hydrogen-bond donors (Lipinski definition) is 0. The van der Waals surface area contributed by atoms with Crippen molar-refractivity contribution in [2.24, 2.45) is 0 Å². The summed E-state index contributed by atoms with van der Waals surface area (Å²) < 4.78 is 31.7. The average molecular weight is 346 g/mol. The number of amides is 1. The van der Waals surface area contributed by atoms with Crippen LogP contribution in [-0.4, -0.2) is 49.0 Å². The molecule has 25 heavy (non-hydrogen) atoms. The zero-order valence-electron chi connectivity index (χ0n) is 14.0. The highest BCUT2D eigenvalue weighted by atomic mass is 19.2. The molecule has 1 aliphatic heterocycles. The fourth-order valence-corrected chi connectivity index (χ4v) is 3.00. The Bertz CT molecular complexity index is 759. The van der Waals surface area contributed by atoms with E-state index < -0.39 is 11.6 Å². The zero-order valence-corrected chi connectivity index (χ0v) is 14.0. The second-order valence-corrected chi connectivity index (χ2v) is 6.01. The van der Waals surface area contributed by atoms with Gasteiger partial charge in [0.25, 0.3) is 5.91 Å². The number of para-hydroxylation sites is 1. The van der Waals surface area contributed by atoms with E-state index in [1.165, 1.54) is 6.07 Å². The highest BCUT2D eigenvalue weighted by Crippen LogP contribution is 2.20. The summed E-state index contributed by atoms with van der Waals surface area (Å²) in [6.07, 6.45) is 0. The van der Waals surface area contributed by atoms with Gasteiger partial charge in [-0.3, -0.25) is 9.69 Å². The van der Waals surface area contributed by atoms with Gasteiger partial charge in [0.1, 0.15) is 5.75 Å². The first-order valence-corrected chi connectivity index (χ1v) is 8.17. The number of nitrogens with zero attached hydrogens (tertiary/aromatic N) is 2. The summed E-state index contributed by atoms with van der Waals surface area (Å²) in [6.45, 7) is 3.28. The van der Waals surface area contributed by atoms with Gasteiger partial charge in [0, 0.05) is 43.9 Å². The number of halogens is 2. The Morgan fingerprint density at radius 1 is 1.04 bits per heavy atom. The third-order valence-electron chi connectivity index (χ3n) is 4.41. The molecule has 0 bridgehead atoms. The van der Waals surface area contributed by atoms with Crippen molar-refractivity contribution in [3.05, 3.63) is 65.2 Å². The summed E-state index contributed by atoms with van der Waals surface area (Å²) in [4.78, 5) is 16.3. The number of rotatable bonds is 4. The molecule has 0 saturated carbocycles. The third-order valence-corrected chi connectivity index (χ3v) is 4.41. The van der Waals surface area contributed by atoms with E-state index >= 15 is 0 Å². The summed E-state index contributed by atoms with van der Waals surface area (Å²) in [5, 5.41) is 0. The van der Waals surface area contributed by atoms with Crippen LogP contribution < -0.4 is 4.74 Å². The molecular weight excluding hydrogens is 326 g/mol.